The third-order valence-electron chi connectivity index (χ3n) is 7.82. The van der Waals surface area contributed by atoms with Crippen LogP contribution in [-0.2, 0) is 33.2 Å². The van der Waals surface area contributed by atoms with E-state index in [1.165, 1.54) is 27.9 Å². The predicted molar refractivity (Wildman–Crippen MR) is 142 cm³/mol. The molecule has 2 aliphatic rings. The lowest BCUT2D eigenvalue weighted by molar-refractivity contribution is -0.367. The van der Waals surface area contributed by atoms with E-state index in [2.05, 4.69) is 0 Å². The Bertz CT molecular complexity index is 795. The summed E-state index contributed by atoms with van der Waals surface area (Å²) in [7, 11) is 2.32. The van der Waals surface area contributed by atoms with Crippen LogP contribution in [0.4, 0.5) is 0 Å². The maximum Gasteiger partial charge on any atom is 0.187 e. The van der Waals surface area contributed by atoms with Gasteiger partial charge in [0.1, 0.15) is 61.0 Å². The molecule has 18 atom stereocenters. The summed E-state index contributed by atoms with van der Waals surface area (Å²) in [5.41, 5.74) is 0. The lowest BCUT2D eigenvalue weighted by Crippen LogP contribution is -2.64. The van der Waals surface area contributed by atoms with Crippen molar-refractivity contribution in [3.05, 3.63) is 0 Å². The fourth-order valence-corrected chi connectivity index (χ4v) is 4.89. The molecule has 0 amide bonds. The predicted octanol–water partition coefficient (Wildman–Crippen LogP) is -4.36. The zero-order valence-electron chi connectivity index (χ0n) is 25.1. The summed E-state index contributed by atoms with van der Waals surface area (Å²) >= 11 is 0. The smallest absolute Gasteiger partial charge is 0.187 e. The minimum Gasteiger partial charge on any atom is -0.390 e. The Labute approximate surface area is 250 Å². The van der Waals surface area contributed by atoms with Crippen molar-refractivity contribution in [3.8, 4) is 0 Å². The summed E-state index contributed by atoms with van der Waals surface area (Å²) in [6.07, 6.45) is -27.9. The molecule has 2 rings (SSSR count). The topological polar surface area (TPSA) is 267 Å². The molecular weight excluding hydrogens is 584 g/mol. The first-order valence-electron chi connectivity index (χ1n) is 14.3. The fraction of sp³-hybridized carbons (Fsp3) is 1.00. The highest BCUT2D eigenvalue weighted by atomic mass is 16.7. The molecule has 10 N–H and O–H groups in total. The first kappa shape index (κ1) is 38.5. The van der Waals surface area contributed by atoms with Crippen molar-refractivity contribution >= 4 is 0 Å². The van der Waals surface area contributed by atoms with Crippen LogP contribution in [0, 0.1) is 0 Å². The van der Waals surface area contributed by atoms with E-state index in [0.717, 1.165) is 7.11 Å². The lowest BCUT2D eigenvalue weighted by atomic mass is 9.97. The largest absolute Gasteiger partial charge is 0.390 e. The highest BCUT2D eigenvalue weighted by Crippen LogP contribution is 2.32. The fourth-order valence-electron chi connectivity index (χ4n) is 4.89. The van der Waals surface area contributed by atoms with Gasteiger partial charge in [0.15, 0.2) is 25.2 Å². The quantitative estimate of drug-likeness (QED) is 0.0719. The molecule has 0 aromatic carbocycles. The molecular formula is C26H50O17. The van der Waals surface area contributed by atoms with Crippen LogP contribution in [0.3, 0.4) is 0 Å². The van der Waals surface area contributed by atoms with Crippen LogP contribution >= 0.6 is 0 Å². The number of aliphatic hydroxyl groups excluding tert-OH is 10. The first-order chi connectivity index (χ1) is 20.1. The number of hydrogen-bond donors (Lipinski definition) is 10. The maximum absolute atomic E-state index is 11.1. The summed E-state index contributed by atoms with van der Waals surface area (Å²) in [5.74, 6) is 0. The van der Waals surface area contributed by atoms with Crippen molar-refractivity contribution in [1.82, 2.24) is 0 Å². The van der Waals surface area contributed by atoms with Gasteiger partial charge in [-0.25, -0.2) is 0 Å². The molecule has 17 heteroatoms. The Morgan fingerprint density at radius 3 is 1.72 bits per heavy atom. The van der Waals surface area contributed by atoms with Gasteiger partial charge in [0.25, 0.3) is 0 Å². The van der Waals surface area contributed by atoms with Gasteiger partial charge in [-0.1, -0.05) is 13.8 Å². The third kappa shape index (κ3) is 9.20. The zero-order valence-corrected chi connectivity index (χ0v) is 25.1. The number of ether oxygens (including phenoxy) is 7. The van der Waals surface area contributed by atoms with E-state index >= 15 is 0 Å². The van der Waals surface area contributed by atoms with Gasteiger partial charge in [-0.05, 0) is 26.7 Å². The first-order valence-corrected chi connectivity index (χ1v) is 14.3. The van der Waals surface area contributed by atoms with Crippen molar-refractivity contribution in [2.45, 2.75) is 151 Å². The molecule has 0 radical (unpaired) electrons. The lowest BCUT2D eigenvalue weighted by Gasteiger charge is -2.47. The summed E-state index contributed by atoms with van der Waals surface area (Å²) in [5, 5.41) is 105. The van der Waals surface area contributed by atoms with Gasteiger partial charge in [-0.3, -0.25) is 0 Å². The van der Waals surface area contributed by atoms with Crippen molar-refractivity contribution in [2.24, 2.45) is 0 Å². The molecule has 6 unspecified atom stereocenters. The maximum atomic E-state index is 11.1. The molecule has 0 saturated carbocycles. The molecule has 2 aliphatic heterocycles. The van der Waals surface area contributed by atoms with Gasteiger partial charge >= 0.3 is 0 Å². The van der Waals surface area contributed by atoms with Crippen LogP contribution in [0.2, 0.25) is 0 Å². The number of aliphatic hydroxyl groups is 10. The van der Waals surface area contributed by atoms with E-state index in [0.29, 0.717) is 0 Å². The van der Waals surface area contributed by atoms with Gasteiger partial charge in [-0.2, -0.15) is 0 Å². The molecule has 17 nitrogen and oxygen atoms in total. The van der Waals surface area contributed by atoms with Gasteiger partial charge in [0, 0.05) is 14.2 Å². The SMILES string of the molecule is CC[C@@H](O)[C@H](O)C(O[C@@H](O)C(O)[C@@H](O[C@H]1OC(C)[C@@H](O)[C@H](O[C@H]2OC(C)[C@@H](O)C(O)[C@H]2OC)C1O)[C@H](O)CC)[C@H](O)OC. The molecule has 0 aromatic rings. The van der Waals surface area contributed by atoms with E-state index in [4.69, 9.17) is 33.2 Å². The average Bonchev–Trinajstić information content (AvgIpc) is 2.99. The summed E-state index contributed by atoms with van der Waals surface area (Å²) in [4.78, 5) is 0. The minimum absolute atomic E-state index is 0.0276. The van der Waals surface area contributed by atoms with E-state index < -0.39 is 111 Å². The van der Waals surface area contributed by atoms with Crippen LogP contribution in [0.15, 0.2) is 0 Å². The molecule has 0 aromatic heterocycles. The molecule has 2 fully saturated rings. The van der Waals surface area contributed by atoms with Crippen molar-refractivity contribution in [1.29, 1.82) is 0 Å². The molecule has 2 heterocycles. The van der Waals surface area contributed by atoms with Gasteiger partial charge < -0.3 is 84.2 Å². The Balaban J connectivity index is 2.25. The average molecular weight is 635 g/mol. The van der Waals surface area contributed by atoms with E-state index in [1.54, 1.807) is 6.92 Å². The number of hydrogen-bond acceptors (Lipinski definition) is 17. The van der Waals surface area contributed by atoms with Crippen molar-refractivity contribution < 1.29 is 84.2 Å². The van der Waals surface area contributed by atoms with Crippen LogP contribution < -0.4 is 0 Å². The van der Waals surface area contributed by atoms with Gasteiger partial charge in [0.05, 0.1) is 24.4 Å². The Hall–Kier alpha value is -0.680. The normalized spacial score (nSPS) is 39.3. The monoisotopic (exact) mass is 634 g/mol. The van der Waals surface area contributed by atoms with E-state index in [-0.39, 0.29) is 12.8 Å². The van der Waals surface area contributed by atoms with Crippen molar-refractivity contribution in [3.63, 3.8) is 0 Å². The molecule has 2 saturated heterocycles. The Morgan fingerprint density at radius 2 is 1.19 bits per heavy atom. The molecule has 0 spiro atoms. The van der Waals surface area contributed by atoms with Crippen LogP contribution in [0.1, 0.15) is 40.5 Å². The third-order valence-corrected chi connectivity index (χ3v) is 7.82. The Kier molecular flexibility index (Phi) is 15.5. The summed E-state index contributed by atoms with van der Waals surface area (Å²) in [6, 6.07) is 0. The molecule has 0 bridgehead atoms. The number of rotatable bonds is 16. The highest BCUT2D eigenvalue weighted by molar-refractivity contribution is 4.94. The summed E-state index contributed by atoms with van der Waals surface area (Å²) in [6.45, 7) is 5.98. The minimum atomic E-state index is -2.23. The van der Waals surface area contributed by atoms with Gasteiger partial charge in [0.2, 0.25) is 0 Å². The van der Waals surface area contributed by atoms with E-state index in [1.807, 2.05) is 0 Å². The van der Waals surface area contributed by atoms with Crippen molar-refractivity contribution in [2.75, 3.05) is 14.2 Å². The number of methoxy groups -OCH3 is 2. The standard InChI is InChI=1S/C26H50O17/c1-7-11(27)15(31)21(24(36)38-6)41-23(35)17(33)19(12(28)8-2)42-25-18(34)20(14(30)10(4)39-25)43-26-22(37-5)16(32)13(29)9(3)40-26/h9-36H,7-8H2,1-6H3/t9?,10?,11-,12-,13-,14-,15+,16?,17?,18?,19+,20+,21?,22-,23-,24-,25-,26-/m1/s1. The van der Waals surface area contributed by atoms with E-state index in [9.17, 15) is 51.1 Å². The molecule has 43 heavy (non-hydrogen) atoms. The van der Waals surface area contributed by atoms with Crippen LogP contribution in [0.25, 0.3) is 0 Å². The second-order valence-electron chi connectivity index (χ2n) is 10.8. The second-order valence-corrected chi connectivity index (χ2v) is 10.8. The molecule has 256 valence electrons. The van der Waals surface area contributed by atoms with Gasteiger partial charge in [-0.15, -0.1) is 0 Å². The molecule has 0 aliphatic carbocycles. The highest BCUT2D eigenvalue weighted by Gasteiger charge is 2.51. The summed E-state index contributed by atoms with van der Waals surface area (Å²) < 4.78 is 37.9. The zero-order chi connectivity index (χ0) is 32.8. The Morgan fingerprint density at radius 1 is 0.628 bits per heavy atom. The van der Waals surface area contributed by atoms with Crippen LogP contribution in [-0.4, -0.2) is 176 Å². The second kappa shape index (κ2) is 17.3. The van der Waals surface area contributed by atoms with Crippen LogP contribution in [0.5, 0.6) is 0 Å².